The Bertz CT molecular complexity index is 1130. The van der Waals surface area contributed by atoms with Crippen LogP contribution in [0.3, 0.4) is 0 Å². The molecule has 174 valence electrons. The summed E-state index contributed by atoms with van der Waals surface area (Å²) in [5, 5.41) is 20.4. The van der Waals surface area contributed by atoms with Crippen LogP contribution in [0, 0.1) is 0 Å². The van der Waals surface area contributed by atoms with Gasteiger partial charge in [-0.1, -0.05) is 6.72 Å². The van der Waals surface area contributed by atoms with Crippen molar-refractivity contribution in [1.29, 1.82) is 0 Å². The Morgan fingerprint density at radius 3 is 2.20 bits per heavy atom. The van der Waals surface area contributed by atoms with Gasteiger partial charge in [-0.15, -0.1) is 11.8 Å². The van der Waals surface area contributed by atoms with Crippen LogP contribution in [-0.2, 0) is 38.8 Å². The Labute approximate surface area is 250 Å². The monoisotopic (exact) mass is 547 g/mol. The molecule has 3 unspecified atom stereocenters. The van der Waals surface area contributed by atoms with Gasteiger partial charge in [0.2, 0.25) is 0 Å². The molecule has 1 aliphatic heterocycles. The zero-order valence-corrected chi connectivity index (χ0v) is 22.3. The molecule has 0 aliphatic carbocycles. The molecule has 3 rings (SSSR count). The fourth-order valence-corrected chi connectivity index (χ4v) is 6.20. The zero-order valence-electron chi connectivity index (χ0n) is 18.8. The van der Waals surface area contributed by atoms with Gasteiger partial charge in [0.05, 0.1) is 12.9 Å². The summed E-state index contributed by atoms with van der Waals surface area (Å²) >= 11 is 3.68. The molecule has 35 heavy (non-hydrogen) atoms. The first-order valence-corrected chi connectivity index (χ1v) is 13.3. The van der Waals surface area contributed by atoms with Gasteiger partial charge < -0.3 is 49.1 Å². The first-order valence-electron chi connectivity index (χ1n) is 7.85. The SMILES string of the molecule is Nc1ncnc2c1ncn2[C@@H]1O[C@H](COP(=O)([O-])OP(=O)([O-])OP([O-])([O-])=S)[C@H](O)C1O.[Li+].[Li+].[Li+].[Li+]. The zero-order chi connectivity index (χ0) is 23.2. The van der Waals surface area contributed by atoms with Gasteiger partial charge in [-0.2, -0.15) is 0 Å². The van der Waals surface area contributed by atoms with Crippen molar-refractivity contribution in [2.75, 3.05) is 12.3 Å². The van der Waals surface area contributed by atoms with Crippen molar-refractivity contribution >= 4 is 51.2 Å². The molecule has 0 bridgehead atoms. The number of hydrogen-bond donors (Lipinski definition) is 3. The second-order valence-corrected chi connectivity index (χ2v) is 11.5. The van der Waals surface area contributed by atoms with E-state index in [1.54, 1.807) is 0 Å². The number of rotatable bonds is 8. The Morgan fingerprint density at radius 2 is 1.63 bits per heavy atom. The standard InChI is InChI=1S/C10H16N5O12P3S.4Li/c11-8-5-9(13-2-12-8)15(3-14-5)10-7(17)6(16)4(25-10)1-24-28(18,19)26-29(20,21)27-30(22,23)31;;;;/h2-4,6-7,10,16-17H,1H2,(H,18,19)(H,20,21)(H2,11,12,13)(H2,22,23,31);;;;/q;4*+1/p-4/t4-,6+,7?,10-;;;;/m1..../s1. The van der Waals surface area contributed by atoms with Gasteiger partial charge in [0.25, 0.3) is 15.6 Å². The molecule has 0 aromatic carbocycles. The van der Waals surface area contributed by atoms with Gasteiger partial charge in [0.1, 0.15) is 30.2 Å². The predicted molar refractivity (Wildman–Crippen MR) is 93.3 cm³/mol. The smallest absolute Gasteiger partial charge is 0.812 e. The number of phosphoric ester groups is 1. The van der Waals surface area contributed by atoms with Crippen LogP contribution in [0.4, 0.5) is 5.82 Å². The third kappa shape index (κ3) is 10.2. The van der Waals surface area contributed by atoms with E-state index in [9.17, 15) is 38.9 Å². The third-order valence-corrected chi connectivity index (χ3v) is 8.06. The molecule has 0 amide bonds. The van der Waals surface area contributed by atoms with Crippen LogP contribution < -0.4 is 101 Å². The Kier molecular flexibility index (Phi) is 16.2. The van der Waals surface area contributed by atoms with Gasteiger partial charge in [0.15, 0.2) is 17.7 Å². The number of ether oxygens (including phenoxy) is 1. The molecule has 1 saturated heterocycles. The van der Waals surface area contributed by atoms with Gasteiger partial charge in [-0.25, -0.2) is 19.3 Å². The van der Waals surface area contributed by atoms with Crippen molar-refractivity contribution in [3.63, 3.8) is 0 Å². The van der Waals surface area contributed by atoms with E-state index in [4.69, 9.17) is 10.5 Å². The molecule has 1 fully saturated rings. The quantitative estimate of drug-likeness (QED) is 0.204. The number of aliphatic hydroxyl groups excluding tert-OH is 2. The average Bonchev–Trinajstić information content (AvgIpc) is 3.13. The van der Waals surface area contributed by atoms with Crippen molar-refractivity contribution in [3.8, 4) is 0 Å². The number of nitrogens with two attached hydrogens (primary N) is 1. The normalized spacial score (nSPS) is 25.2. The number of aliphatic hydroxyl groups is 2. The van der Waals surface area contributed by atoms with E-state index in [1.165, 1.54) is 10.9 Å². The van der Waals surface area contributed by atoms with Gasteiger partial charge in [-0.3, -0.25) is 13.7 Å². The number of anilines is 1. The number of aromatic nitrogens is 4. The number of fused-ring (bicyclic) bond motifs is 1. The first kappa shape index (κ1) is 38.6. The third-order valence-electron chi connectivity index (χ3n) is 3.80. The molecule has 0 radical (unpaired) electrons. The van der Waals surface area contributed by atoms with E-state index in [2.05, 4.69) is 39.9 Å². The minimum Gasteiger partial charge on any atom is -0.812 e. The maximum atomic E-state index is 11.7. The Hall–Kier alpha value is 1.45. The van der Waals surface area contributed by atoms with E-state index in [0.717, 1.165) is 6.33 Å². The first-order chi connectivity index (χ1) is 14.2. The van der Waals surface area contributed by atoms with Gasteiger partial charge >= 0.3 is 75.4 Å². The van der Waals surface area contributed by atoms with Crippen LogP contribution in [-0.4, -0.2) is 54.7 Å². The Balaban J connectivity index is 0. The van der Waals surface area contributed by atoms with Crippen LogP contribution in [0.25, 0.3) is 11.2 Å². The summed E-state index contributed by atoms with van der Waals surface area (Å²) in [5.74, 6) is 0.0343. The van der Waals surface area contributed by atoms with Crippen LogP contribution >= 0.6 is 22.4 Å². The predicted octanol–water partition coefficient (Wildman–Crippen LogP) is -16.0. The molecular weight excluding hydrogens is 535 g/mol. The molecule has 4 N–H and O–H groups in total. The van der Waals surface area contributed by atoms with Crippen molar-refractivity contribution in [2.24, 2.45) is 0 Å². The average molecular weight is 547 g/mol. The summed E-state index contributed by atoms with van der Waals surface area (Å²) in [6, 6.07) is 0. The fraction of sp³-hybridized carbons (Fsp3) is 0.500. The van der Waals surface area contributed by atoms with Crippen LogP contribution in [0.1, 0.15) is 6.23 Å². The second-order valence-electron chi connectivity index (χ2n) is 5.93. The van der Waals surface area contributed by atoms with Crippen LogP contribution in [0.5, 0.6) is 0 Å². The minimum atomic E-state index is -5.93. The number of nitrogen functional groups attached to an aromatic ring is 1. The number of nitrogens with zero attached hydrogens (tertiary/aromatic N) is 4. The molecule has 25 heteroatoms. The molecule has 0 spiro atoms. The largest absolute Gasteiger partial charge is 1.00 e. The van der Waals surface area contributed by atoms with E-state index < -0.39 is 53.5 Å². The number of phosphoric acid groups is 2. The molecule has 1 aliphatic rings. The van der Waals surface area contributed by atoms with Crippen LogP contribution in [0.2, 0.25) is 0 Å². The van der Waals surface area contributed by atoms with Crippen molar-refractivity contribution in [1.82, 2.24) is 19.5 Å². The van der Waals surface area contributed by atoms with Crippen molar-refractivity contribution in [3.05, 3.63) is 12.7 Å². The molecule has 6 atom stereocenters. The molecule has 0 saturated carbocycles. The topological polar surface area (TPSA) is 273 Å². The maximum absolute atomic E-state index is 11.7. The summed E-state index contributed by atoms with van der Waals surface area (Å²) in [7, 11) is -11.6. The molecular formula is C10H12Li4N5O12P3S. The van der Waals surface area contributed by atoms with E-state index in [0.29, 0.717) is 0 Å². The summed E-state index contributed by atoms with van der Waals surface area (Å²) in [4.78, 5) is 55.9. The Morgan fingerprint density at radius 1 is 1.03 bits per heavy atom. The van der Waals surface area contributed by atoms with E-state index in [-0.39, 0.29) is 92.4 Å². The maximum Gasteiger partial charge on any atom is 1.00 e. The summed E-state index contributed by atoms with van der Waals surface area (Å²) in [5.41, 5.74) is 5.97. The molecule has 17 nitrogen and oxygen atoms in total. The summed E-state index contributed by atoms with van der Waals surface area (Å²) in [6.07, 6.45) is -3.83. The fourth-order valence-electron chi connectivity index (χ4n) is 2.60. The van der Waals surface area contributed by atoms with Crippen LogP contribution in [0.15, 0.2) is 12.7 Å². The molecule has 2 aromatic heterocycles. The van der Waals surface area contributed by atoms with Crippen molar-refractivity contribution < 1.29 is 132 Å². The molecule has 3 heterocycles. The summed E-state index contributed by atoms with van der Waals surface area (Å²) in [6.45, 7) is -6.33. The summed E-state index contributed by atoms with van der Waals surface area (Å²) < 4.78 is 40.7. The number of imidazole rings is 1. The second kappa shape index (κ2) is 14.7. The van der Waals surface area contributed by atoms with E-state index in [1.807, 2.05) is 0 Å². The number of hydrogen-bond acceptors (Lipinski definition) is 17. The van der Waals surface area contributed by atoms with Crippen molar-refractivity contribution in [2.45, 2.75) is 24.5 Å². The van der Waals surface area contributed by atoms with Gasteiger partial charge in [-0.05, 0) is 0 Å². The molecule has 2 aromatic rings. The van der Waals surface area contributed by atoms with Gasteiger partial charge in [0, 0.05) is 0 Å². The van der Waals surface area contributed by atoms with E-state index >= 15 is 0 Å². The minimum absolute atomic E-state index is 0.